The molecule has 0 spiro atoms. The molecule has 1 aliphatic carbocycles. The Labute approximate surface area is 111 Å². The van der Waals surface area contributed by atoms with Gasteiger partial charge in [-0.05, 0) is 25.0 Å². The Morgan fingerprint density at radius 1 is 1.16 bits per heavy atom. The van der Waals surface area contributed by atoms with Crippen molar-refractivity contribution in [1.29, 1.82) is 0 Å². The molecule has 3 rings (SSSR count). The Morgan fingerprint density at radius 3 is 2.42 bits per heavy atom. The number of nitrogens with one attached hydrogen (secondary N) is 1. The molecule has 1 aliphatic rings. The fourth-order valence-electron chi connectivity index (χ4n) is 2.28. The number of nitrogen functional groups attached to an aromatic ring is 1. The predicted octanol–water partition coefficient (Wildman–Crippen LogP) is 2.42. The lowest BCUT2D eigenvalue weighted by molar-refractivity contribution is 0.356. The van der Waals surface area contributed by atoms with E-state index in [1.165, 1.54) is 12.8 Å². The van der Waals surface area contributed by atoms with Gasteiger partial charge in [0.05, 0.1) is 25.4 Å². The smallest absolute Gasteiger partial charge is 0.162 e. The van der Waals surface area contributed by atoms with Crippen molar-refractivity contribution in [3.63, 3.8) is 0 Å². The number of hydrazine groups is 1. The Morgan fingerprint density at radius 2 is 1.84 bits per heavy atom. The highest BCUT2D eigenvalue weighted by Crippen LogP contribution is 2.42. The summed E-state index contributed by atoms with van der Waals surface area (Å²) in [7, 11) is 3.24. The molecule has 0 atom stereocenters. The van der Waals surface area contributed by atoms with Gasteiger partial charge >= 0.3 is 0 Å². The summed E-state index contributed by atoms with van der Waals surface area (Å²) >= 11 is 0. The van der Waals surface area contributed by atoms with Crippen molar-refractivity contribution >= 4 is 16.6 Å². The second-order valence-electron chi connectivity index (χ2n) is 4.74. The van der Waals surface area contributed by atoms with Crippen molar-refractivity contribution in [1.82, 2.24) is 4.98 Å². The van der Waals surface area contributed by atoms with Crippen molar-refractivity contribution in [2.24, 2.45) is 5.84 Å². The minimum absolute atomic E-state index is 0.574. The first-order valence-electron chi connectivity index (χ1n) is 6.30. The van der Waals surface area contributed by atoms with Crippen LogP contribution in [0.15, 0.2) is 18.2 Å². The quantitative estimate of drug-likeness (QED) is 0.652. The molecule has 1 saturated carbocycles. The summed E-state index contributed by atoms with van der Waals surface area (Å²) in [5.41, 5.74) is 5.57. The normalized spacial score (nSPS) is 14.5. The number of rotatable bonds is 4. The summed E-state index contributed by atoms with van der Waals surface area (Å²) < 4.78 is 10.6. The van der Waals surface area contributed by atoms with E-state index >= 15 is 0 Å². The van der Waals surface area contributed by atoms with E-state index in [0.717, 1.165) is 22.3 Å². The van der Waals surface area contributed by atoms with Gasteiger partial charge < -0.3 is 14.9 Å². The van der Waals surface area contributed by atoms with Crippen LogP contribution < -0.4 is 20.7 Å². The molecule has 5 nitrogen and oxygen atoms in total. The summed E-state index contributed by atoms with van der Waals surface area (Å²) in [4.78, 5) is 4.70. The van der Waals surface area contributed by atoms with Crippen LogP contribution in [0.3, 0.4) is 0 Å². The molecule has 0 saturated heterocycles. The first-order valence-corrected chi connectivity index (χ1v) is 6.30. The lowest BCUT2D eigenvalue weighted by atomic mass is 10.1. The number of methoxy groups -OCH3 is 2. The van der Waals surface area contributed by atoms with E-state index in [9.17, 15) is 0 Å². The van der Waals surface area contributed by atoms with Crippen molar-refractivity contribution in [2.75, 3.05) is 19.6 Å². The zero-order chi connectivity index (χ0) is 13.4. The van der Waals surface area contributed by atoms with Gasteiger partial charge in [-0.1, -0.05) is 0 Å². The number of nitrogens with two attached hydrogens (primary N) is 1. The maximum Gasteiger partial charge on any atom is 0.162 e. The molecule has 1 aromatic carbocycles. The number of fused-ring (bicyclic) bond motifs is 1. The molecule has 0 bridgehead atoms. The summed E-state index contributed by atoms with van der Waals surface area (Å²) in [6, 6.07) is 5.81. The highest BCUT2D eigenvalue weighted by molar-refractivity contribution is 5.93. The Bertz CT molecular complexity index is 624. The first-order chi connectivity index (χ1) is 9.26. The topological polar surface area (TPSA) is 69.4 Å². The van der Waals surface area contributed by atoms with Gasteiger partial charge in [0.15, 0.2) is 11.5 Å². The van der Waals surface area contributed by atoms with Crippen LogP contribution in [0.25, 0.3) is 10.9 Å². The van der Waals surface area contributed by atoms with Gasteiger partial charge in [0.25, 0.3) is 0 Å². The lowest BCUT2D eigenvalue weighted by Crippen LogP contribution is -2.08. The zero-order valence-electron chi connectivity index (χ0n) is 11.1. The van der Waals surface area contributed by atoms with Crippen LogP contribution in [0.2, 0.25) is 0 Å². The van der Waals surface area contributed by atoms with Crippen molar-refractivity contribution < 1.29 is 9.47 Å². The van der Waals surface area contributed by atoms with E-state index in [4.69, 9.17) is 20.3 Å². The third kappa shape index (κ3) is 2.06. The van der Waals surface area contributed by atoms with Gasteiger partial charge in [0.1, 0.15) is 0 Å². The zero-order valence-corrected chi connectivity index (χ0v) is 11.1. The van der Waals surface area contributed by atoms with Crippen LogP contribution in [0.5, 0.6) is 11.5 Å². The lowest BCUT2D eigenvalue weighted by Gasteiger charge is -2.12. The molecule has 2 aromatic rings. The molecule has 0 aliphatic heterocycles. The van der Waals surface area contributed by atoms with E-state index in [-0.39, 0.29) is 0 Å². The summed E-state index contributed by atoms with van der Waals surface area (Å²) in [5.74, 6) is 7.54. The average molecular weight is 259 g/mol. The molecule has 3 N–H and O–H groups in total. The molecule has 1 heterocycles. The number of pyridine rings is 1. The average Bonchev–Trinajstić information content (AvgIpc) is 3.29. The van der Waals surface area contributed by atoms with Crippen LogP contribution in [0.4, 0.5) is 5.69 Å². The molecule has 0 radical (unpaired) electrons. The van der Waals surface area contributed by atoms with Crippen LogP contribution in [0, 0.1) is 0 Å². The van der Waals surface area contributed by atoms with Gasteiger partial charge in [-0.15, -0.1) is 0 Å². The van der Waals surface area contributed by atoms with Crippen LogP contribution in [-0.4, -0.2) is 19.2 Å². The maximum atomic E-state index is 5.62. The third-order valence-electron chi connectivity index (χ3n) is 3.48. The Kier molecular flexibility index (Phi) is 2.91. The number of benzene rings is 1. The minimum Gasteiger partial charge on any atom is -0.493 e. The van der Waals surface area contributed by atoms with E-state index in [2.05, 4.69) is 5.43 Å². The number of hydrogen-bond acceptors (Lipinski definition) is 5. The Hall–Kier alpha value is -2.01. The highest BCUT2D eigenvalue weighted by Gasteiger charge is 2.26. The van der Waals surface area contributed by atoms with E-state index < -0.39 is 0 Å². The summed E-state index contributed by atoms with van der Waals surface area (Å²) in [5, 5.41) is 0.935. The molecule has 0 unspecified atom stereocenters. The standard InChI is InChI=1S/C14H17N3O2/c1-18-13-5-9-11(7-14(13)19-2)16-10(8-3-4-8)6-12(9)17-15/h5-8H,3-4,15H2,1-2H3,(H,16,17). The van der Waals surface area contributed by atoms with Crippen molar-refractivity contribution in [3.05, 3.63) is 23.9 Å². The molecule has 100 valence electrons. The fourth-order valence-corrected chi connectivity index (χ4v) is 2.28. The second kappa shape index (κ2) is 4.59. The molecule has 1 aromatic heterocycles. The van der Waals surface area contributed by atoms with Gasteiger partial charge in [-0.25, -0.2) is 0 Å². The van der Waals surface area contributed by atoms with Gasteiger partial charge in [0.2, 0.25) is 0 Å². The van der Waals surface area contributed by atoms with Gasteiger partial charge in [-0.2, -0.15) is 0 Å². The summed E-state index contributed by atoms with van der Waals surface area (Å²) in [6.45, 7) is 0. The van der Waals surface area contributed by atoms with Crippen LogP contribution >= 0.6 is 0 Å². The predicted molar refractivity (Wildman–Crippen MR) is 74.6 cm³/mol. The molecule has 19 heavy (non-hydrogen) atoms. The van der Waals surface area contributed by atoms with E-state index in [1.807, 2.05) is 18.2 Å². The minimum atomic E-state index is 0.574. The second-order valence-corrected chi connectivity index (χ2v) is 4.74. The van der Waals surface area contributed by atoms with Crippen molar-refractivity contribution in [3.8, 4) is 11.5 Å². The highest BCUT2D eigenvalue weighted by atomic mass is 16.5. The van der Waals surface area contributed by atoms with E-state index in [0.29, 0.717) is 17.4 Å². The number of ether oxygens (including phenoxy) is 2. The number of nitrogens with zero attached hydrogens (tertiary/aromatic N) is 1. The number of hydrogen-bond donors (Lipinski definition) is 2. The molecule has 0 amide bonds. The van der Waals surface area contributed by atoms with Crippen molar-refractivity contribution in [2.45, 2.75) is 18.8 Å². The summed E-state index contributed by atoms with van der Waals surface area (Å²) in [6.07, 6.45) is 2.41. The third-order valence-corrected chi connectivity index (χ3v) is 3.48. The maximum absolute atomic E-state index is 5.62. The monoisotopic (exact) mass is 259 g/mol. The number of anilines is 1. The molecule has 5 heteroatoms. The first kappa shape index (κ1) is 12.0. The largest absolute Gasteiger partial charge is 0.493 e. The van der Waals surface area contributed by atoms with Gasteiger partial charge in [0, 0.05) is 23.1 Å². The van der Waals surface area contributed by atoms with Crippen LogP contribution in [0.1, 0.15) is 24.5 Å². The number of aromatic nitrogens is 1. The Balaban J connectivity index is 2.23. The fraction of sp³-hybridized carbons (Fsp3) is 0.357. The van der Waals surface area contributed by atoms with Gasteiger partial charge in [-0.3, -0.25) is 10.8 Å². The SMILES string of the molecule is COc1cc2nc(C3CC3)cc(NN)c2cc1OC. The molecular formula is C14H17N3O2. The molecule has 1 fully saturated rings. The van der Waals surface area contributed by atoms with Crippen LogP contribution in [-0.2, 0) is 0 Å². The van der Waals surface area contributed by atoms with E-state index in [1.54, 1.807) is 14.2 Å². The molecular weight excluding hydrogens is 242 g/mol.